The van der Waals surface area contributed by atoms with E-state index in [0.29, 0.717) is 12.8 Å². The number of carbonyl (C=O) groups excluding carboxylic acids is 1. The number of carbonyl (C=O) groups is 1. The van der Waals surface area contributed by atoms with Gasteiger partial charge in [-0.2, -0.15) is 0 Å². The molecule has 1 saturated carbocycles. The fraction of sp³-hybridized carbons (Fsp3) is 0.462. The minimum Gasteiger partial charge on any atom is -0.319 e. The summed E-state index contributed by atoms with van der Waals surface area (Å²) in [6, 6.07) is 4.09. The fourth-order valence-electron chi connectivity index (χ4n) is 2.35. The SMILES string of the molecule is NC1(C(=O)c2ccc(Cl)cc2F)CCCCC1. The van der Waals surface area contributed by atoms with Gasteiger partial charge in [-0.05, 0) is 31.0 Å². The molecule has 2 nitrogen and oxygen atoms in total. The van der Waals surface area contributed by atoms with Gasteiger partial charge in [-0.15, -0.1) is 0 Å². The number of nitrogens with two attached hydrogens (primary N) is 1. The van der Waals surface area contributed by atoms with Crippen LogP contribution < -0.4 is 5.73 Å². The van der Waals surface area contributed by atoms with Crippen LogP contribution in [0.3, 0.4) is 0 Å². The minimum absolute atomic E-state index is 0.0544. The molecule has 0 aromatic heterocycles. The fourth-order valence-corrected chi connectivity index (χ4v) is 2.51. The standard InChI is InChI=1S/C13H15ClFNO/c14-9-4-5-10(11(15)8-9)12(17)13(16)6-2-1-3-7-13/h4-5,8H,1-3,6-7,16H2. The molecule has 0 saturated heterocycles. The smallest absolute Gasteiger partial charge is 0.185 e. The van der Waals surface area contributed by atoms with Crippen LogP contribution in [0.5, 0.6) is 0 Å². The Morgan fingerprint density at radius 1 is 1.29 bits per heavy atom. The molecule has 2 N–H and O–H groups in total. The van der Waals surface area contributed by atoms with E-state index in [1.165, 1.54) is 12.1 Å². The molecule has 1 aliphatic carbocycles. The molecule has 2 rings (SSSR count). The lowest BCUT2D eigenvalue weighted by molar-refractivity contribution is 0.0843. The summed E-state index contributed by atoms with van der Waals surface area (Å²) in [5.74, 6) is -0.885. The van der Waals surface area contributed by atoms with Crippen LogP contribution in [0.15, 0.2) is 18.2 Å². The Morgan fingerprint density at radius 3 is 2.53 bits per heavy atom. The van der Waals surface area contributed by atoms with Crippen LogP contribution in [0.25, 0.3) is 0 Å². The van der Waals surface area contributed by atoms with Crippen molar-refractivity contribution in [1.82, 2.24) is 0 Å². The Hall–Kier alpha value is -0.930. The summed E-state index contributed by atoms with van der Waals surface area (Å²) in [6.45, 7) is 0. The third-order valence-electron chi connectivity index (χ3n) is 3.37. The molecular formula is C13H15ClFNO. The van der Waals surface area contributed by atoms with Gasteiger partial charge in [0.25, 0.3) is 0 Å². The van der Waals surface area contributed by atoms with E-state index < -0.39 is 11.4 Å². The van der Waals surface area contributed by atoms with Crippen molar-refractivity contribution in [3.63, 3.8) is 0 Å². The third kappa shape index (κ3) is 2.50. The molecule has 0 heterocycles. The summed E-state index contributed by atoms with van der Waals surface area (Å²) in [5.41, 5.74) is 5.25. The maximum atomic E-state index is 13.7. The summed E-state index contributed by atoms with van der Waals surface area (Å²) < 4.78 is 13.7. The zero-order valence-electron chi connectivity index (χ0n) is 9.51. The highest BCUT2D eigenvalue weighted by Gasteiger charge is 2.36. The molecule has 1 aromatic carbocycles. The molecule has 0 aliphatic heterocycles. The second kappa shape index (κ2) is 4.75. The first-order valence-electron chi connectivity index (χ1n) is 5.82. The first kappa shape index (κ1) is 12.5. The normalized spacial score (nSPS) is 19.0. The van der Waals surface area contributed by atoms with Crippen molar-refractivity contribution in [3.8, 4) is 0 Å². The van der Waals surface area contributed by atoms with E-state index in [1.54, 1.807) is 0 Å². The summed E-state index contributed by atoms with van der Waals surface area (Å²) in [4.78, 5) is 12.2. The molecule has 4 heteroatoms. The van der Waals surface area contributed by atoms with Gasteiger partial charge >= 0.3 is 0 Å². The third-order valence-corrected chi connectivity index (χ3v) is 3.61. The number of rotatable bonds is 2. The van der Waals surface area contributed by atoms with Crippen LogP contribution in [0.1, 0.15) is 42.5 Å². The summed E-state index contributed by atoms with van der Waals surface area (Å²) >= 11 is 5.66. The molecule has 17 heavy (non-hydrogen) atoms. The van der Waals surface area contributed by atoms with Crippen molar-refractivity contribution >= 4 is 17.4 Å². The van der Waals surface area contributed by atoms with Gasteiger partial charge in [0.2, 0.25) is 0 Å². The first-order valence-corrected chi connectivity index (χ1v) is 6.19. The van der Waals surface area contributed by atoms with Crippen molar-refractivity contribution in [2.24, 2.45) is 5.73 Å². The molecule has 0 bridgehead atoms. The lowest BCUT2D eigenvalue weighted by Crippen LogP contribution is -2.49. The molecule has 1 aliphatic rings. The molecule has 0 atom stereocenters. The van der Waals surface area contributed by atoms with Gasteiger partial charge in [-0.25, -0.2) is 4.39 Å². The van der Waals surface area contributed by atoms with Gasteiger partial charge in [0.1, 0.15) is 5.82 Å². The molecule has 1 fully saturated rings. The van der Waals surface area contributed by atoms with Gasteiger partial charge in [-0.1, -0.05) is 30.9 Å². The van der Waals surface area contributed by atoms with E-state index in [1.807, 2.05) is 0 Å². The monoisotopic (exact) mass is 255 g/mol. The van der Waals surface area contributed by atoms with Crippen LogP contribution >= 0.6 is 11.6 Å². The molecular weight excluding hydrogens is 241 g/mol. The topological polar surface area (TPSA) is 43.1 Å². The summed E-state index contributed by atoms with van der Waals surface area (Å²) in [5, 5.41) is 0.286. The van der Waals surface area contributed by atoms with Crippen molar-refractivity contribution in [2.75, 3.05) is 0 Å². The number of benzene rings is 1. The minimum atomic E-state index is -0.896. The van der Waals surface area contributed by atoms with E-state index >= 15 is 0 Å². The van der Waals surface area contributed by atoms with E-state index in [2.05, 4.69) is 0 Å². The number of Topliss-reactive ketones (excluding diaryl/α,β-unsaturated/α-hetero) is 1. The molecule has 0 unspecified atom stereocenters. The quantitative estimate of drug-likeness (QED) is 0.824. The van der Waals surface area contributed by atoms with Gasteiger partial charge < -0.3 is 5.73 Å². The van der Waals surface area contributed by atoms with Crippen molar-refractivity contribution in [2.45, 2.75) is 37.6 Å². The van der Waals surface area contributed by atoms with Gasteiger partial charge in [-0.3, -0.25) is 4.79 Å². The van der Waals surface area contributed by atoms with Crippen LogP contribution in [-0.4, -0.2) is 11.3 Å². The molecule has 0 amide bonds. The largest absolute Gasteiger partial charge is 0.319 e. The first-order chi connectivity index (χ1) is 8.03. The average molecular weight is 256 g/mol. The average Bonchev–Trinajstić information content (AvgIpc) is 2.29. The molecule has 92 valence electrons. The van der Waals surface area contributed by atoms with Crippen LogP contribution in [-0.2, 0) is 0 Å². The van der Waals surface area contributed by atoms with Gasteiger partial charge in [0.15, 0.2) is 5.78 Å². The zero-order valence-corrected chi connectivity index (χ0v) is 10.3. The van der Waals surface area contributed by atoms with Crippen LogP contribution in [0, 0.1) is 5.82 Å². The van der Waals surface area contributed by atoms with Gasteiger partial charge in [0.05, 0.1) is 11.1 Å². The maximum Gasteiger partial charge on any atom is 0.185 e. The van der Waals surface area contributed by atoms with E-state index in [0.717, 1.165) is 25.3 Å². The van der Waals surface area contributed by atoms with Crippen LogP contribution in [0.2, 0.25) is 5.02 Å². The molecule has 0 spiro atoms. The predicted octanol–water partition coefficient (Wildman–Crippen LogP) is 3.32. The van der Waals surface area contributed by atoms with E-state index in [4.69, 9.17) is 17.3 Å². The second-order valence-electron chi connectivity index (χ2n) is 4.67. The van der Waals surface area contributed by atoms with E-state index in [-0.39, 0.29) is 16.4 Å². The Kier molecular flexibility index (Phi) is 3.50. The Bertz CT molecular complexity index is 441. The number of ketones is 1. The molecule has 1 aromatic rings. The highest BCUT2D eigenvalue weighted by atomic mass is 35.5. The highest BCUT2D eigenvalue weighted by Crippen LogP contribution is 2.30. The van der Waals surface area contributed by atoms with Gasteiger partial charge in [0, 0.05) is 5.02 Å². The molecule has 0 radical (unpaired) electrons. The summed E-state index contributed by atoms with van der Waals surface area (Å²) in [7, 11) is 0. The van der Waals surface area contributed by atoms with Crippen molar-refractivity contribution < 1.29 is 9.18 Å². The Balaban J connectivity index is 2.30. The lowest BCUT2D eigenvalue weighted by Gasteiger charge is -2.31. The zero-order chi connectivity index (χ0) is 12.5. The Morgan fingerprint density at radius 2 is 1.94 bits per heavy atom. The Labute approximate surface area is 105 Å². The lowest BCUT2D eigenvalue weighted by atomic mass is 9.77. The number of hydrogen-bond acceptors (Lipinski definition) is 2. The predicted molar refractivity (Wildman–Crippen MR) is 65.7 cm³/mol. The van der Waals surface area contributed by atoms with E-state index in [9.17, 15) is 9.18 Å². The van der Waals surface area contributed by atoms with Crippen molar-refractivity contribution in [1.29, 1.82) is 0 Å². The second-order valence-corrected chi connectivity index (χ2v) is 5.11. The summed E-state index contributed by atoms with van der Waals surface area (Å²) in [6.07, 6.45) is 4.21. The maximum absolute atomic E-state index is 13.7. The van der Waals surface area contributed by atoms with Crippen LogP contribution in [0.4, 0.5) is 4.39 Å². The highest BCUT2D eigenvalue weighted by molar-refractivity contribution is 6.30. The number of halogens is 2. The van der Waals surface area contributed by atoms with Crippen molar-refractivity contribution in [3.05, 3.63) is 34.6 Å². The number of hydrogen-bond donors (Lipinski definition) is 1.